The number of nitrogen functional groups attached to an aromatic ring is 1. The highest BCUT2D eigenvalue weighted by Gasteiger charge is 2.11. The Bertz CT molecular complexity index is 602. The normalized spacial score (nSPS) is 10.3. The highest BCUT2D eigenvalue weighted by Crippen LogP contribution is 2.21. The monoisotopic (exact) mass is 245 g/mol. The Morgan fingerprint density at radius 1 is 1.39 bits per heavy atom. The van der Waals surface area contributed by atoms with E-state index in [2.05, 4.69) is 5.32 Å². The molecule has 0 aliphatic rings. The number of hydrogen-bond acceptors (Lipinski definition) is 3. The number of hydrogen-bond donors (Lipinski definition) is 3. The molecule has 0 aliphatic heterocycles. The maximum absolute atomic E-state index is 12.0. The summed E-state index contributed by atoms with van der Waals surface area (Å²) in [6, 6.07) is 6.59. The van der Waals surface area contributed by atoms with Crippen molar-refractivity contribution in [3.8, 4) is 5.75 Å². The Morgan fingerprint density at radius 2 is 2.11 bits per heavy atom. The van der Waals surface area contributed by atoms with E-state index in [0.717, 1.165) is 5.56 Å². The maximum Gasteiger partial charge on any atom is 0.272 e. The van der Waals surface area contributed by atoms with E-state index < -0.39 is 0 Å². The zero-order chi connectivity index (χ0) is 13.3. The molecule has 0 aliphatic carbocycles. The first-order chi connectivity index (χ1) is 8.47. The number of nitrogens with one attached hydrogen (secondary N) is 1. The van der Waals surface area contributed by atoms with Crippen molar-refractivity contribution < 1.29 is 9.90 Å². The van der Waals surface area contributed by atoms with Gasteiger partial charge in [-0.25, -0.2) is 0 Å². The predicted molar refractivity (Wildman–Crippen MR) is 70.6 cm³/mol. The quantitative estimate of drug-likeness (QED) is 0.755. The van der Waals surface area contributed by atoms with Gasteiger partial charge >= 0.3 is 0 Å². The van der Waals surface area contributed by atoms with Gasteiger partial charge in [0, 0.05) is 25.0 Å². The number of carbonyl (C=O) groups is 1. The molecule has 5 nitrogen and oxygen atoms in total. The number of phenolic OH excluding ortho intramolecular Hbond substituents is 1. The minimum absolute atomic E-state index is 0.152. The van der Waals surface area contributed by atoms with Gasteiger partial charge in [-0.05, 0) is 24.6 Å². The van der Waals surface area contributed by atoms with Crippen LogP contribution >= 0.6 is 0 Å². The minimum Gasteiger partial charge on any atom is -0.508 e. The van der Waals surface area contributed by atoms with Gasteiger partial charge in [0.1, 0.15) is 11.4 Å². The van der Waals surface area contributed by atoms with E-state index in [4.69, 9.17) is 5.73 Å². The minimum atomic E-state index is -0.266. The zero-order valence-corrected chi connectivity index (χ0v) is 10.3. The zero-order valence-electron chi connectivity index (χ0n) is 10.3. The second kappa shape index (κ2) is 4.44. The highest BCUT2D eigenvalue weighted by atomic mass is 16.3. The second-order valence-corrected chi connectivity index (χ2v) is 4.22. The number of aromatic nitrogens is 1. The molecular weight excluding hydrogens is 230 g/mol. The molecular formula is C13H15N3O2. The molecule has 0 bridgehead atoms. The molecule has 1 aromatic carbocycles. The van der Waals surface area contributed by atoms with Gasteiger partial charge in [-0.15, -0.1) is 0 Å². The van der Waals surface area contributed by atoms with Crippen molar-refractivity contribution >= 4 is 17.3 Å². The van der Waals surface area contributed by atoms with Crippen LogP contribution in [-0.4, -0.2) is 15.6 Å². The number of carbonyl (C=O) groups excluding carboxylic acids is 1. The van der Waals surface area contributed by atoms with Crippen LogP contribution in [0.5, 0.6) is 5.75 Å². The Balaban J connectivity index is 2.21. The average Bonchev–Trinajstić information content (AvgIpc) is 2.63. The molecule has 0 spiro atoms. The largest absolute Gasteiger partial charge is 0.508 e. The summed E-state index contributed by atoms with van der Waals surface area (Å²) >= 11 is 0. The number of aryl methyl sites for hydroxylation is 2. The molecule has 0 saturated heterocycles. The molecule has 0 radical (unpaired) electrons. The third-order valence-corrected chi connectivity index (χ3v) is 2.73. The number of anilines is 2. The number of aromatic hydroxyl groups is 1. The molecule has 18 heavy (non-hydrogen) atoms. The van der Waals surface area contributed by atoms with Crippen LogP contribution in [-0.2, 0) is 7.05 Å². The maximum atomic E-state index is 12.0. The summed E-state index contributed by atoms with van der Waals surface area (Å²) in [6.45, 7) is 1.79. The van der Waals surface area contributed by atoms with Crippen LogP contribution in [0, 0.1) is 6.92 Å². The van der Waals surface area contributed by atoms with Gasteiger partial charge in [0.15, 0.2) is 0 Å². The van der Waals surface area contributed by atoms with Gasteiger partial charge in [-0.1, -0.05) is 6.07 Å². The first kappa shape index (κ1) is 12.0. The summed E-state index contributed by atoms with van der Waals surface area (Å²) in [7, 11) is 1.75. The number of phenols is 1. The first-order valence-electron chi connectivity index (χ1n) is 5.50. The summed E-state index contributed by atoms with van der Waals surface area (Å²) in [5.41, 5.74) is 7.92. The third-order valence-electron chi connectivity index (χ3n) is 2.73. The SMILES string of the molecule is Cc1ccc(NC(=O)c2cc(N)cn2C)cc1O. The highest BCUT2D eigenvalue weighted by molar-refractivity contribution is 6.03. The van der Waals surface area contributed by atoms with E-state index in [1.54, 1.807) is 42.9 Å². The standard InChI is InChI=1S/C13H15N3O2/c1-8-3-4-10(6-12(8)17)15-13(18)11-5-9(14)7-16(11)2/h3-7,17H,14H2,1-2H3,(H,15,18). The Hall–Kier alpha value is -2.43. The van der Waals surface area contributed by atoms with Crippen molar-refractivity contribution in [1.82, 2.24) is 4.57 Å². The van der Waals surface area contributed by atoms with Crippen LogP contribution in [0.4, 0.5) is 11.4 Å². The lowest BCUT2D eigenvalue weighted by Gasteiger charge is -2.07. The lowest BCUT2D eigenvalue weighted by atomic mass is 10.2. The molecule has 2 aromatic rings. The van der Waals surface area contributed by atoms with Gasteiger partial charge in [0.25, 0.3) is 5.91 Å². The number of rotatable bonds is 2. The van der Waals surface area contributed by atoms with Gasteiger partial charge in [0.05, 0.1) is 5.69 Å². The van der Waals surface area contributed by atoms with E-state index in [1.807, 2.05) is 0 Å². The molecule has 0 fully saturated rings. The number of nitrogens with zero attached hydrogens (tertiary/aromatic N) is 1. The first-order valence-corrected chi connectivity index (χ1v) is 5.50. The molecule has 2 rings (SSSR count). The molecule has 1 heterocycles. The van der Waals surface area contributed by atoms with Crippen molar-refractivity contribution in [2.24, 2.45) is 7.05 Å². The van der Waals surface area contributed by atoms with Gasteiger partial charge in [0.2, 0.25) is 0 Å². The van der Waals surface area contributed by atoms with Crippen molar-refractivity contribution in [2.75, 3.05) is 11.1 Å². The number of nitrogens with two attached hydrogens (primary N) is 1. The van der Waals surface area contributed by atoms with E-state index in [0.29, 0.717) is 17.1 Å². The molecule has 0 atom stereocenters. The Labute approximate surface area is 105 Å². The van der Waals surface area contributed by atoms with Crippen LogP contribution in [0.15, 0.2) is 30.5 Å². The van der Waals surface area contributed by atoms with Gasteiger partial charge in [-0.3, -0.25) is 4.79 Å². The van der Waals surface area contributed by atoms with Crippen LogP contribution < -0.4 is 11.1 Å². The lowest BCUT2D eigenvalue weighted by Crippen LogP contribution is -2.15. The van der Waals surface area contributed by atoms with Crippen molar-refractivity contribution in [1.29, 1.82) is 0 Å². The molecule has 5 heteroatoms. The van der Waals surface area contributed by atoms with Crippen molar-refractivity contribution in [3.63, 3.8) is 0 Å². The lowest BCUT2D eigenvalue weighted by molar-refractivity contribution is 0.101. The summed E-state index contributed by atoms with van der Waals surface area (Å²) in [5.74, 6) is -0.114. The fraction of sp³-hybridized carbons (Fsp3) is 0.154. The topological polar surface area (TPSA) is 80.3 Å². The number of amides is 1. The van der Waals surface area contributed by atoms with Crippen LogP contribution in [0.2, 0.25) is 0 Å². The van der Waals surface area contributed by atoms with Crippen LogP contribution in [0.25, 0.3) is 0 Å². The molecule has 1 aromatic heterocycles. The van der Waals surface area contributed by atoms with Crippen LogP contribution in [0.1, 0.15) is 16.1 Å². The summed E-state index contributed by atoms with van der Waals surface area (Å²) < 4.78 is 1.65. The van der Waals surface area contributed by atoms with E-state index >= 15 is 0 Å². The summed E-state index contributed by atoms with van der Waals surface area (Å²) in [6.07, 6.45) is 1.67. The van der Waals surface area contributed by atoms with E-state index in [9.17, 15) is 9.90 Å². The van der Waals surface area contributed by atoms with Crippen molar-refractivity contribution in [2.45, 2.75) is 6.92 Å². The fourth-order valence-corrected chi connectivity index (χ4v) is 1.70. The molecule has 4 N–H and O–H groups in total. The van der Waals surface area contributed by atoms with Gasteiger partial charge in [-0.2, -0.15) is 0 Å². The fourth-order valence-electron chi connectivity index (χ4n) is 1.70. The third kappa shape index (κ3) is 2.29. The van der Waals surface area contributed by atoms with Crippen molar-refractivity contribution in [3.05, 3.63) is 41.7 Å². The Kier molecular flexibility index (Phi) is 2.97. The molecule has 0 saturated carbocycles. The summed E-state index contributed by atoms with van der Waals surface area (Å²) in [5, 5.41) is 12.3. The number of benzene rings is 1. The molecule has 0 unspecified atom stereocenters. The van der Waals surface area contributed by atoms with Crippen LogP contribution in [0.3, 0.4) is 0 Å². The predicted octanol–water partition coefficient (Wildman–Crippen LogP) is 1.87. The molecule has 94 valence electrons. The molecule has 1 amide bonds. The van der Waals surface area contributed by atoms with Gasteiger partial charge < -0.3 is 20.7 Å². The second-order valence-electron chi connectivity index (χ2n) is 4.22. The summed E-state index contributed by atoms with van der Waals surface area (Å²) in [4.78, 5) is 12.0. The Morgan fingerprint density at radius 3 is 2.67 bits per heavy atom. The average molecular weight is 245 g/mol. The van der Waals surface area contributed by atoms with E-state index in [-0.39, 0.29) is 11.7 Å². The van der Waals surface area contributed by atoms with E-state index in [1.165, 1.54) is 6.07 Å². The smallest absolute Gasteiger partial charge is 0.272 e.